The molecule has 1 saturated heterocycles. The Bertz CT molecular complexity index is 786. The van der Waals surface area contributed by atoms with Gasteiger partial charge in [0, 0.05) is 5.69 Å². The monoisotopic (exact) mass is 322 g/mol. The highest BCUT2D eigenvalue weighted by Crippen LogP contribution is 2.30. The molecule has 0 saturated carbocycles. The van der Waals surface area contributed by atoms with Crippen molar-refractivity contribution < 1.29 is 9.59 Å². The molecule has 0 aromatic heterocycles. The molecule has 0 unspecified atom stereocenters. The van der Waals surface area contributed by atoms with Gasteiger partial charge in [-0.2, -0.15) is 0 Å². The van der Waals surface area contributed by atoms with Gasteiger partial charge in [-0.25, -0.2) is 4.90 Å². The largest absolute Gasteiger partial charge is 0.373 e. The summed E-state index contributed by atoms with van der Waals surface area (Å²) in [5.74, 6) is -0.337. The molecule has 0 spiro atoms. The number of benzene rings is 2. The maximum atomic E-state index is 12.8. The molecule has 2 aromatic carbocycles. The molecule has 1 aliphatic rings. The molecule has 3 rings (SSSR count). The summed E-state index contributed by atoms with van der Waals surface area (Å²) in [5, 5.41) is 3.23. The Morgan fingerprint density at radius 2 is 1.54 bits per heavy atom. The Morgan fingerprint density at radius 1 is 0.958 bits per heavy atom. The predicted molar refractivity (Wildman–Crippen MR) is 96.4 cm³/mol. The number of nitrogens with zero attached hydrogens (tertiary/aromatic N) is 1. The molecule has 4 heteroatoms. The Morgan fingerprint density at radius 3 is 2.12 bits per heavy atom. The van der Waals surface area contributed by atoms with Gasteiger partial charge in [-0.15, -0.1) is 0 Å². The van der Waals surface area contributed by atoms with E-state index in [1.54, 1.807) is 0 Å². The molecule has 4 nitrogen and oxygen atoms in total. The van der Waals surface area contributed by atoms with Crippen molar-refractivity contribution in [1.82, 2.24) is 0 Å². The van der Waals surface area contributed by atoms with Crippen LogP contribution in [0.4, 0.5) is 11.4 Å². The molecule has 2 aromatic rings. The number of hydrogen-bond donors (Lipinski definition) is 1. The van der Waals surface area contributed by atoms with Crippen LogP contribution in [0.3, 0.4) is 0 Å². The molecule has 24 heavy (non-hydrogen) atoms. The van der Waals surface area contributed by atoms with E-state index in [-0.39, 0.29) is 18.2 Å². The fraction of sp³-hybridized carbons (Fsp3) is 0.300. The fourth-order valence-electron chi connectivity index (χ4n) is 3.40. The van der Waals surface area contributed by atoms with Crippen LogP contribution in [0.2, 0.25) is 0 Å². The van der Waals surface area contributed by atoms with Crippen LogP contribution in [0.5, 0.6) is 0 Å². The van der Waals surface area contributed by atoms with Gasteiger partial charge in [0.15, 0.2) is 0 Å². The van der Waals surface area contributed by atoms with E-state index in [9.17, 15) is 9.59 Å². The van der Waals surface area contributed by atoms with Crippen LogP contribution in [0, 0.1) is 27.7 Å². The molecule has 0 aliphatic carbocycles. The lowest BCUT2D eigenvalue weighted by Gasteiger charge is -2.20. The number of aryl methyl sites for hydroxylation is 4. The van der Waals surface area contributed by atoms with Crippen LogP contribution in [-0.2, 0) is 9.59 Å². The van der Waals surface area contributed by atoms with E-state index in [0.717, 1.165) is 33.6 Å². The van der Waals surface area contributed by atoms with Crippen molar-refractivity contribution in [2.75, 3.05) is 10.2 Å². The minimum absolute atomic E-state index is 0.153. The van der Waals surface area contributed by atoms with Crippen LogP contribution < -0.4 is 10.2 Å². The van der Waals surface area contributed by atoms with Gasteiger partial charge in [0.1, 0.15) is 6.04 Å². The lowest BCUT2D eigenvalue weighted by molar-refractivity contribution is -0.121. The van der Waals surface area contributed by atoms with Gasteiger partial charge in [0.2, 0.25) is 5.91 Å². The number of carbonyl (C=O) groups is 2. The normalized spacial score (nSPS) is 17.5. The molecule has 124 valence electrons. The highest BCUT2D eigenvalue weighted by atomic mass is 16.2. The maximum absolute atomic E-state index is 12.8. The van der Waals surface area contributed by atoms with E-state index in [2.05, 4.69) is 11.4 Å². The fourth-order valence-corrected chi connectivity index (χ4v) is 3.40. The summed E-state index contributed by atoms with van der Waals surface area (Å²) in [4.78, 5) is 26.7. The predicted octanol–water partition coefficient (Wildman–Crippen LogP) is 3.66. The third kappa shape index (κ3) is 2.92. The molecule has 0 bridgehead atoms. The average Bonchev–Trinajstić information content (AvgIpc) is 2.73. The van der Waals surface area contributed by atoms with Gasteiger partial charge in [-0.1, -0.05) is 24.3 Å². The van der Waals surface area contributed by atoms with Gasteiger partial charge < -0.3 is 5.32 Å². The first kappa shape index (κ1) is 16.2. The van der Waals surface area contributed by atoms with Crippen molar-refractivity contribution in [3.63, 3.8) is 0 Å². The SMILES string of the molecule is Cc1cc(C)cc(N[C@H]2CC(=O)N(c3c(C)cccc3C)C2=O)c1. The number of anilines is 2. The highest BCUT2D eigenvalue weighted by Gasteiger charge is 2.40. The smallest absolute Gasteiger partial charge is 0.256 e. The zero-order valence-electron chi connectivity index (χ0n) is 14.5. The first-order valence-corrected chi connectivity index (χ1v) is 8.14. The van der Waals surface area contributed by atoms with E-state index in [0.29, 0.717) is 0 Å². The van der Waals surface area contributed by atoms with E-state index < -0.39 is 6.04 Å². The Balaban J connectivity index is 1.89. The molecule has 1 aliphatic heterocycles. The number of nitrogens with one attached hydrogen (secondary N) is 1. The second kappa shape index (κ2) is 6.11. The Hall–Kier alpha value is -2.62. The first-order valence-electron chi connectivity index (χ1n) is 8.14. The van der Waals surface area contributed by atoms with Crippen molar-refractivity contribution in [2.24, 2.45) is 0 Å². The highest BCUT2D eigenvalue weighted by molar-refractivity contribution is 6.23. The first-order chi connectivity index (χ1) is 11.4. The van der Waals surface area contributed by atoms with Gasteiger partial charge in [-0.05, 0) is 62.1 Å². The van der Waals surface area contributed by atoms with Crippen molar-refractivity contribution >= 4 is 23.2 Å². The van der Waals surface area contributed by atoms with Crippen molar-refractivity contribution in [1.29, 1.82) is 0 Å². The van der Waals surface area contributed by atoms with E-state index >= 15 is 0 Å². The molecule has 1 heterocycles. The summed E-state index contributed by atoms with van der Waals surface area (Å²) < 4.78 is 0. The Kier molecular flexibility index (Phi) is 4.14. The van der Waals surface area contributed by atoms with Crippen molar-refractivity contribution in [2.45, 2.75) is 40.2 Å². The minimum Gasteiger partial charge on any atom is -0.373 e. The van der Waals surface area contributed by atoms with E-state index in [1.165, 1.54) is 4.90 Å². The second-order valence-corrected chi connectivity index (χ2v) is 6.59. The van der Waals surface area contributed by atoms with Crippen molar-refractivity contribution in [3.05, 3.63) is 58.7 Å². The average molecular weight is 322 g/mol. The molecule has 1 N–H and O–H groups in total. The minimum atomic E-state index is -0.516. The number of imide groups is 1. The number of carbonyl (C=O) groups excluding carboxylic acids is 2. The zero-order chi connectivity index (χ0) is 17.4. The van der Waals surface area contributed by atoms with Gasteiger partial charge >= 0.3 is 0 Å². The van der Waals surface area contributed by atoms with Crippen LogP contribution in [0.25, 0.3) is 0 Å². The summed E-state index contributed by atoms with van der Waals surface area (Å²) in [6, 6.07) is 11.3. The van der Waals surface area contributed by atoms with Crippen molar-refractivity contribution in [3.8, 4) is 0 Å². The van der Waals surface area contributed by atoms with Crippen LogP contribution >= 0.6 is 0 Å². The van der Waals surface area contributed by atoms with Crippen LogP contribution in [0.1, 0.15) is 28.7 Å². The third-order valence-electron chi connectivity index (χ3n) is 4.37. The molecule has 2 amide bonds. The maximum Gasteiger partial charge on any atom is 0.256 e. The van der Waals surface area contributed by atoms with Gasteiger partial charge in [-0.3, -0.25) is 9.59 Å². The van der Waals surface area contributed by atoms with E-state index in [1.807, 2.05) is 58.0 Å². The zero-order valence-corrected chi connectivity index (χ0v) is 14.5. The lowest BCUT2D eigenvalue weighted by Crippen LogP contribution is -2.35. The summed E-state index contributed by atoms with van der Waals surface area (Å²) in [6.45, 7) is 7.88. The molecule has 1 fully saturated rings. The molecular weight excluding hydrogens is 300 g/mol. The molecular formula is C20H22N2O2. The summed E-state index contributed by atoms with van der Waals surface area (Å²) in [6.07, 6.45) is 0.180. The van der Waals surface area contributed by atoms with E-state index in [4.69, 9.17) is 0 Å². The lowest BCUT2D eigenvalue weighted by atomic mass is 10.1. The quantitative estimate of drug-likeness (QED) is 0.877. The number of amides is 2. The third-order valence-corrected chi connectivity index (χ3v) is 4.37. The molecule has 0 radical (unpaired) electrons. The number of para-hydroxylation sites is 1. The summed E-state index contributed by atoms with van der Waals surface area (Å²) in [7, 11) is 0. The van der Waals surface area contributed by atoms with Gasteiger partial charge in [0.05, 0.1) is 12.1 Å². The molecule has 1 atom stereocenters. The van der Waals surface area contributed by atoms with Crippen LogP contribution in [-0.4, -0.2) is 17.9 Å². The van der Waals surface area contributed by atoms with Crippen LogP contribution in [0.15, 0.2) is 36.4 Å². The summed E-state index contributed by atoms with van der Waals surface area (Å²) in [5.41, 5.74) is 5.72. The second-order valence-electron chi connectivity index (χ2n) is 6.59. The Labute approximate surface area is 142 Å². The standard InChI is InChI=1S/C20H22N2O2/c1-12-8-13(2)10-16(9-12)21-17-11-18(23)22(20(17)24)19-14(3)6-5-7-15(19)4/h5-10,17,21H,11H2,1-4H3/t17-/m0/s1. The number of hydrogen-bond acceptors (Lipinski definition) is 3. The number of rotatable bonds is 3. The topological polar surface area (TPSA) is 49.4 Å². The summed E-state index contributed by atoms with van der Waals surface area (Å²) >= 11 is 0. The van der Waals surface area contributed by atoms with Gasteiger partial charge in [0.25, 0.3) is 5.91 Å².